The van der Waals surface area contributed by atoms with Crippen molar-refractivity contribution < 1.29 is 9.69 Å². The van der Waals surface area contributed by atoms with Crippen LogP contribution in [0.3, 0.4) is 0 Å². The van der Waals surface area contributed by atoms with Gasteiger partial charge in [-0.15, -0.1) is 11.3 Å². The molecular weight excluding hydrogens is 363 g/mol. The van der Waals surface area contributed by atoms with E-state index in [4.69, 9.17) is 23.2 Å². The molecule has 1 aromatic heterocycles. The van der Waals surface area contributed by atoms with E-state index in [0.29, 0.717) is 28.2 Å². The van der Waals surface area contributed by atoms with Crippen molar-refractivity contribution in [2.24, 2.45) is 0 Å². The maximum absolute atomic E-state index is 12.4. The van der Waals surface area contributed by atoms with Crippen LogP contribution in [0.4, 0.5) is 0 Å². The number of nitrogens with one attached hydrogen (secondary N) is 2. The first-order chi connectivity index (χ1) is 11.6. The zero-order valence-electron chi connectivity index (χ0n) is 13.4. The van der Waals surface area contributed by atoms with Crippen molar-refractivity contribution in [1.82, 2.24) is 5.32 Å². The minimum atomic E-state index is -0.0369. The van der Waals surface area contributed by atoms with E-state index in [0.717, 1.165) is 0 Å². The van der Waals surface area contributed by atoms with Crippen LogP contribution in [0.1, 0.15) is 29.3 Å². The lowest BCUT2D eigenvalue weighted by molar-refractivity contribution is -0.918. The smallest absolute Gasteiger partial charge is 0.224 e. The molecule has 1 aliphatic heterocycles. The molecule has 1 aliphatic rings. The Balaban J connectivity index is 1.63. The standard InChI is InChI=1S/C18H20Cl2N2OS/c19-14-5-3-6-15(20)13(14)11-18(23)21-12-16(17-7-4-10-24-17)22-8-1-2-9-22/h3-7,10,16H,1-2,8-9,11-12H2,(H,21,23)/p+1/t16-/m0/s1. The van der Waals surface area contributed by atoms with Crippen LogP contribution in [0.5, 0.6) is 0 Å². The average Bonchev–Trinajstić information content (AvgIpc) is 3.25. The van der Waals surface area contributed by atoms with Crippen LogP contribution in [0, 0.1) is 0 Å². The molecule has 3 nitrogen and oxygen atoms in total. The molecule has 24 heavy (non-hydrogen) atoms. The third-order valence-electron chi connectivity index (χ3n) is 4.53. The van der Waals surface area contributed by atoms with Crippen molar-refractivity contribution in [3.8, 4) is 0 Å². The molecule has 2 heterocycles. The van der Waals surface area contributed by atoms with Gasteiger partial charge in [0.1, 0.15) is 6.04 Å². The summed E-state index contributed by atoms with van der Waals surface area (Å²) in [5.74, 6) is -0.0369. The van der Waals surface area contributed by atoms with Crippen molar-refractivity contribution in [3.05, 3.63) is 56.2 Å². The highest BCUT2D eigenvalue weighted by molar-refractivity contribution is 7.10. The van der Waals surface area contributed by atoms with E-state index in [2.05, 4.69) is 22.8 Å². The normalized spacial score (nSPS) is 16.2. The fourth-order valence-corrected chi connectivity index (χ4v) is 4.67. The fourth-order valence-electron chi connectivity index (χ4n) is 3.25. The van der Waals surface area contributed by atoms with Crippen LogP contribution in [0.15, 0.2) is 35.7 Å². The SMILES string of the molecule is O=C(Cc1c(Cl)cccc1Cl)NC[C@@H](c1cccs1)[NH+]1CCCC1. The molecule has 1 aromatic carbocycles. The first-order valence-corrected chi connectivity index (χ1v) is 9.86. The summed E-state index contributed by atoms with van der Waals surface area (Å²) >= 11 is 14.1. The van der Waals surface area contributed by atoms with Crippen LogP contribution in [0.25, 0.3) is 0 Å². The Morgan fingerprint density at radius 1 is 1.17 bits per heavy atom. The molecule has 1 saturated heterocycles. The maximum atomic E-state index is 12.4. The summed E-state index contributed by atoms with van der Waals surface area (Å²) in [4.78, 5) is 15.3. The number of carbonyl (C=O) groups excluding carboxylic acids is 1. The maximum Gasteiger partial charge on any atom is 0.224 e. The lowest BCUT2D eigenvalue weighted by Gasteiger charge is -2.24. The van der Waals surface area contributed by atoms with E-state index in [-0.39, 0.29) is 12.3 Å². The van der Waals surface area contributed by atoms with Crippen LogP contribution in [0.2, 0.25) is 10.0 Å². The Morgan fingerprint density at radius 2 is 1.88 bits per heavy atom. The lowest BCUT2D eigenvalue weighted by Crippen LogP contribution is -3.11. The number of hydrogen-bond acceptors (Lipinski definition) is 2. The first kappa shape index (κ1) is 17.7. The minimum absolute atomic E-state index is 0.0369. The quantitative estimate of drug-likeness (QED) is 0.789. The van der Waals surface area contributed by atoms with Crippen molar-refractivity contribution in [2.45, 2.75) is 25.3 Å². The first-order valence-electron chi connectivity index (χ1n) is 8.22. The Kier molecular flexibility index (Phi) is 6.17. The third-order valence-corrected chi connectivity index (χ3v) is 6.22. The summed E-state index contributed by atoms with van der Waals surface area (Å²) in [6.45, 7) is 3.00. The number of hydrogen-bond donors (Lipinski definition) is 2. The van der Waals surface area contributed by atoms with Crippen molar-refractivity contribution in [3.63, 3.8) is 0 Å². The topological polar surface area (TPSA) is 33.5 Å². The molecule has 2 N–H and O–H groups in total. The molecule has 1 amide bonds. The second-order valence-corrected chi connectivity index (χ2v) is 7.91. The number of thiophene rings is 1. The zero-order chi connectivity index (χ0) is 16.9. The van der Waals surface area contributed by atoms with Gasteiger partial charge in [-0.3, -0.25) is 4.79 Å². The summed E-state index contributed by atoms with van der Waals surface area (Å²) < 4.78 is 0. The second kappa shape index (κ2) is 8.34. The molecule has 0 spiro atoms. The van der Waals surface area contributed by atoms with Crippen LogP contribution < -0.4 is 10.2 Å². The Morgan fingerprint density at radius 3 is 2.50 bits per heavy atom. The lowest BCUT2D eigenvalue weighted by atomic mass is 10.1. The molecule has 0 radical (unpaired) electrons. The molecule has 0 bridgehead atoms. The van der Waals surface area contributed by atoms with Crippen LogP contribution in [-0.2, 0) is 11.2 Å². The number of carbonyl (C=O) groups is 1. The summed E-state index contributed by atoms with van der Waals surface area (Å²) in [6, 6.07) is 9.89. The Bertz CT molecular complexity index is 664. The molecule has 6 heteroatoms. The summed E-state index contributed by atoms with van der Waals surface area (Å²) in [5, 5.41) is 6.26. The monoisotopic (exact) mass is 383 g/mol. The number of rotatable bonds is 6. The third kappa shape index (κ3) is 4.31. The average molecular weight is 384 g/mol. The summed E-state index contributed by atoms with van der Waals surface area (Å²) in [5.41, 5.74) is 0.694. The van der Waals surface area contributed by atoms with E-state index in [1.807, 2.05) is 0 Å². The molecule has 0 unspecified atom stereocenters. The number of halogens is 2. The van der Waals surface area contributed by atoms with Gasteiger partial charge < -0.3 is 10.2 Å². The van der Waals surface area contributed by atoms with E-state index < -0.39 is 0 Å². The van der Waals surface area contributed by atoms with Crippen LogP contribution in [-0.4, -0.2) is 25.5 Å². The molecule has 0 saturated carbocycles. The number of amides is 1. The van der Waals surface area contributed by atoms with Gasteiger partial charge in [-0.1, -0.05) is 35.3 Å². The Labute approximate surface area is 156 Å². The van der Waals surface area contributed by atoms with Crippen LogP contribution >= 0.6 is 34.5 Å². The van der Waals surface area contributed by atoms with Gasteiger partial charge >= 0.3 is 0 Å². The van der Waals surface area contributed by atoms with E-state index in [1.165, 1.54) is 30.8 Å². The molecule has 1 atom stereocenters. The number of benzene rings is 1. The summed E-state index contributed by atoms with van der Waals surface area (Å²) in [6.07, 6.45) is 2.74. The van der Waals surface area contributed by atoms with Gasteiger partial charge in [0.15, 0.2) is 0 Å². The van der Waals surface area contributed by atoms with Gasteiger partial charge in [-0.05, 0) is 29.1 Å². The fraction of sp³-hybridized carbons (Fsp3) is 0.389. The highest BCUT2D eigenvalue weighted by Gasteiger charge is 2.28. The van der Waals surface area contributed by atoms with Gasteiger partial charge in [0.05, 0.1) is 30.9 Å². The van der Waals surface area contributed by atoms with Crippen molar-refractivity contribution >= 4 is 40.4 Å². The van der Waals surface area contributed by atoms with Crippen molar-refractivity contribution in [2.75, 3.05) is 19.6 Å². The molecule has 3 rings (SSSR count). The molecule has 128 valence electrons. The zero-order valence-corrected chi connectivity index (χ0v) is 15.7. The molecule has 0 aliphatic carbocycles. The minimum Gasteiger partial charge on any atom is -0.349 e. The second-order valence-electron chi connectivity index (χ2n) is 6.11. The van der Waals surface area contributed by atoms with Gasteiger partial charge in [0, 0.05) is 22.9 Å². The predicted molar refractivity (Wildman–Crippen MR) is 100 cm³/mol. The van der Waals surface area contributed by atoms with E-state index in [1.54, 1.807) is 34.4 Å². The highest BCUT2D eigenvalue weighted by atomic mass is 35.5. The van der Waals surface area contributed by atoms with E-state index >= 15 is 0 Å². The van der Waals surface area contributed by atoms with Gasteiger partial charge in [0.2, 0.25) is 5.91 Å². The number of quaternary nitrogens is 1. The summed E-state index contributed by atoms with van der Waals surface area (Å²) in [7, 11) is 0. The highest BCUT2D eigenvalue weighted by Crippen LogP contribution is 2.24. The molecule has 1 fully saturated rings. The predicted octanol–water partition coefficient (Wildman–Crippen LogP) is 3.13. The molecular formula is C18H21Cl2N2OS+. The number of likely N-dealkylation sites (tertiary alicyclic amines) is 1. The largest absolute Gasteiger partial charge is 0.349 e. The van der Waals surface area contributed by atoms with Gasteiger partial charge in [0.25, 0.3) is 0 Å². The Hall–Kier alpha value is -1.07. The van der Waals surface area contributed by atoms with Crippen molar-refractivity contribution in [1.29, 1.82) is 0 Å². The van der Waals surface area contributed by atoms with E-state index in [9.17, 15) is 4.79 Å². The molecule has 2 aromatic rings. The van der Waals surface area contributed by atoms with Gasteiger partial charge in [-0.2, -0.15) is 0 Å². The van der Waals surface area contributed by atoms with Gasteiger partial charge in [-0.25, -0.2) is 0 Å².